The molecule has 90 valence electrons. The number of hydrogen-bond donors (Lipinski definition) is 2. The Morgan fingerprint density at radius 2 is 2.47 bits per heavy atom. The molecule has 0 saturated heterocycles. The topological polar surface area (TPSA) is 75.1 Å². The van der Waals surface area contributed by atoms with Crippen LogP contribution in [0, 0.1) is 5.92 Å². The molecular weight excluding hydrogens is 218 g/mol. The Labute approximate surface area is 98.1 Å². The molecule has 2 aromatic rings. The normalized spacial score (nSPS) is 17.5. The van der Waals surface area contributed by atoms with Crippen LogP contribution in [0.25, 0.3) is 5.65 Å². The van der Waals surface area contributed by atoms with Crippen LogP contribution in [-0.4, -0.2) is 32.7 Å². The van der Waals surface area contributed by atoms with Crippen LogP contribution in [0.3, 0.4) is 0 Å². The third kappa shape index (κ3) is 1.95. The maximum atomic E-state index is 11.3. The number of fused-ring (bicyclic) bond motifs is 1. The van der Waals surface area contributed by atoms with Crippen molar-refractivity contribution in [1.82, 2.24) is 24.9 Å². The zero-order valence-corrected chi connectivity index (χ0v) is 9.68. The molecule has 0 spiro atoms. The van der Waals surface area contributed by atoms with Gasteiger partial charge in [0.2, 0.25) is 0 Å². The van der Waals surface area contributed by atoms with Crippen molar-refractivity contribution >= 4 is 5.65 Å². The third-order valence-electron chi connectivity index (χ3n) is 3.36. The van der Waals surface area contributed by atoms with Crippen molar-refractivity contribution in [2.45, 2.75) is 25.3 Å². The van der Waals surface area contributed by atoms with E-state index in [2.05, 4.69) is 20.5 Å². The van der Waals surface area contributed by atoms with Crippen molar-refractivity contribution in [3.05, 3.63) is 28.6 Å². The number of aromatic nitrogens is 4. The highest BCUT2D eigenvalue weighted by Gasteiger charge is 2.30. The summed E-state index contributed by atoms with van der Waals surface area (Å²) in [6, 6.07) is 2.35. The van der Waals surface area contributed by atoms with E-state index in [0.717, 1.165) is 18.0 Å². The van der Waals surface area contributed by atoms with Crippen LogP contribution in [0.1, 0.15) is 18.5 Å². The molecule has 1 saturated carbocycles. The van der Waals surface area contributed by atoms with E-state index in [-0.39, 0.29) is 5.69 Å². The molecule has 2 aromatic heterocycles. The Bertz CT molecular complexity index is 583. The van der Waals surface area contributed by atoms with Gasteiger partial charge in [0.1, 0.15) is 6.33 Å². The molecule has 3 rings (SSSR count). The van der Waals surface area contributed by atoms with Gasteiger partial charge in [-0.05, 0) is 25.8 Å². The molecule has 2 heterocycles. The van der Waals surface area contributed by atoms with E-state index in [1.54, 1.807) is 0 Å². The van der Waals surface area contributed by atoms with Gasteiger partial charge in [-0.25, -0.2) is 19.3 Å². The SMILES string of the molecule is CNC(Cc1cc2n[nH]c(=O)n2cn1)C1CC1. The first-order valence-electron chi connectivity index (χ1n) is 5.87. The van der Waals surface area contributed by atoms with Gasteiger partial charge in [-0.1, -0.05) is 0 Å². The minimum Gasteiger partial charge on any atom is -0.316 e. The number of hydrogen-bond acceptors (Lipinski definition) is 4. The molecule has 0 amide bonds. The maximum absolute atomic E-state index is 11.3. The highest BCUT2D eigenvalue weighted by molar-refractivity contribution is 5.36. The lowest BCUT2D eigenvalue weighted by Gasteiger charge is -2.14. The highest BCUT2D eigenvalue weighted by Crippen LogP contribution is 2.33. The van der Waals surface area contributed by atoms with Gasteiger partial charge in [-0.3, -0.25) is 0 Å². The van der Waals surface area contributed by atoms with Crippen molar-refractivity contribution < 1.29 is 0 Å². The summed E-state index contributed by atoms with van der Waals surface area (Å²) >= 11 is 0. The lowest BCUT2D eigenvalue weighted by atomic mass is 10.1. The molecule has 6 nitrogen and oxygen atoms in total. The molecule has 17 heavy (non-hydrogen) atoms. The average molecular weight is 233 g/mol. The van der Waals surface area contributed by atoms with Crippen LogP contribution in [-0.2, 0) is 6.42 Å². The smallest absolute Gasteiger partial charge is 0.316 e. The first-order chi connectivity index (χ1) is 8.28. The predicted molar refractivity (Wildman–Crippen MR) is 62.9 cm³/mol. The summed E-state index contributed by atoms with van der Waals surface area (Å²) < 4.78 is 1.41. The van der Waals surface area contributed by atoms with Crippen LogP contribution >= 0.6 is 0 Å². The summed E-state index contributed by atoms with van der Waals surface area (Å²) in [5.41, 5.74) is 1.36. The van der Waals surface area contributed by atoms with Crippen LogP contribution in [0.5, 0.6) is 0 Å². The van der Waals surface area contributed by atoms with E-state index in [1.807, 2.05) is 13.1 Å². The van der Waals surface area contributed by atoms with Crippen molar-refractivity contribution in [2.75, 3.05) is 7.05 Å². The minimum absolute atomic E-state index is 0.244. The Morgan fingerprint density at radius 3 is 3.18 bits per heavy atom. The largest absolute Gasteiger partial charge is 0.348 e. The third-order valence-corrected chi connectivity index (χ3v) is 3.36. The van der Waals surface area contributed by atoms with Gasteiger partial charge in [-0.2, -0.15) is 5.10 Å². The number of aromatic amines is 1. The number of nitrogens with zero attached hydrogens (tertiary/aromatic N) is 3. The molecule has 0 aliphatic heterocycles. The van der Waals surface area contributed by atoms with Crippen LogP contribution in [0.15, 0.2) is 17.2 Å². The highest BCUT2D eigenvalue weighted by atomic mass is 16.1. The quantitative estimate of drug-likeness (QED) is 0.777. The zero-order valence-electron chi connectivity index (χ0n) is 9.68. The molecule has 6 heteroatoms. The predicted octanol–water partition coefficient (Wildman–Crippen LogP) is -0.0419. The van der Waals surface area contributed by atoms with Crippen molar-refractivity contribution in [1.29, 1.82) is 0 Å². The molecule has 1 aliphatic rings. The summed E-state index contributed by atoms with van der Waals surface area (Å²) in [5, 5.41) is 9.67. The first kappa shape index (κ1) is 10.5. The molecule has 2 N–H and O–H groups in total. The van der Waals surface area contributed by atoms with E-state index in [1.165, 1.54) is 23.6 Å². The van der Waals surface area contributed by atoms with Gasteiger partial charge in [0.15, 0.2) is 5.65 Å². The number of nitrogens with one attached hydrogen (secondary N) is 2. The second-order valence-corrected chi connectivity index (χ2v) is 4.57. The van der Waals surface area contributed by atoms with Crippen LogP contribution in [0.4, 0.5) is 0 Å². The van der Waals surface area contributed by atoms with E-state index in [0.29, 0.717) is 11.7 Å². The van der Waals surface area contributed by atoms with Crippen LogP contribution < -0.4 is 11.0 Å². The molecule has 1 aliphatic carbocycles. The molecule has 1 unspecified atom stereocenters. The standard InChI is InChI=1S/C11H15N5O/c1-12-9(7-2-3-7)4-8-5-10-14-15-11(17)16(10)6-13-8/h5-7,9,12H,2-4H2,1H3,(H,15,17). The molecule has 0 aromatic carbocycles. The van der Waals surface area contributed by atoms with E-state index >= 15 is 0 Å². The van der Waals surface area contributed by atoms with Gasteiger partial charge in [0, 0.05) is 24.2 Å². The first-order valence-corrected chi connectivity index (χ1v) is 5.87. The van der Waals surface area contributed by atoms with E-state index < -0.39 is 0 Å². The number of likely N-dealkylation sites (N-methyl/N-ethyl adjacent to an activating group) is 1. The Kier molecular flexibility index (Phi) is 2.44. The minimum atomic E-state index is -0.244. The van der Waals surface area contributed by atoms with Crippen molar-refractivity contribution in [3.8, 4) is 0 Å². The Balaban J connectivity index is 1.87. The molecular formula is C11H15N5O. The van der Waals surface area contributed by atoms with Gasteiger partial charge in [0.05, 0.1) is 0 Å². The average Bonchev–Trinajstić information content (AvgIpc) is 3.12. The Hall–Kier alpha value is -1.69. The fraction of sp³-hybridized carbons (Fsp3) is 0.545. The zero-order chi connectivity index (χ0) is 11.8. The molecule has 1 atom stereocenters. The lowest BCUT2D eigenvalue weighted by molar-refractivity contribution is 0.495. The van der Waals surface area contributed by atoms with Crippen molar-refractivity contribution in [2.24, 2.45) is 5.92 Å². The van der Waals surface area contributed by atoms with Gasteiger partial charge in [0.25, 0.3) is 0 Å². The van der Waals surface area contributed by atoms with E-state index in [9.17, 15) is 4.79 Å². The summed E-state index contributed by atoms with van der Waals surface area (Å²) in [7, 11) is 1.99. The summed E-state index contributed by atoms with van der Waals surface area (Å²) in [4.78, 5) is 15.6. The second kappa shape index (κ2) is 3.96. The second-order valence-electron chi connectivity index (χ2n) is 4.57. The monoisotopic (exact) mass is 233 g/mol. The fourth-order valence-electron chi connectivity index (χ4n) is 2.19. The van der Waals surface area contributed by atoms with Gasteiger partial charge < -0.3 is 5.32 Å². The molecule has 1 fully saturated rings. The van der Waals surface area contributed by atoms with Crippen molar-refractivity contribution in [3.63, 3.8) is 0 Å². The fourth-order valence-corrected chi connectivity index (χ4v) is 2.19. The van der Waals surface area contributed by atoms with E-state index in [4.69, 9.17) is 0 Å². The molecule has 0 radical (unpaired) electrons. The van der Waals surface area contributed by atoms with Crippen LogP contribution in [0.2, 0.25) is 0 Å². The Morgan fingerprint density at radius 1 is 1.65 bits per heavy atom. The number of H-pyrrole nitrogens is 1. The summed E-state index contributed by atoms with van der Waals surface area (Å²) in [6.45, 7) is 0. The van der Waals surface area contributed by atoms with Gasteiger partial charge >= 0.3 is 5.69 Å². The molecule has 0 bridgehead atoms. The summed E-state index contributed by atoms with van der Waals surface area (Å²) in [5.74, 6) is 0.777. The lowest BCUT2D eigenvalue weighted by Crippen LogP contribution is -2.30. The van der Waals surface area contributed by atoms with Gasteiger partial charge in [-0.15, -0.1) is 0 Å². The summed E-state index contributed by atoms with van der Waals surface area (Å²) in [6.07, 6.45) is 5.03. The maximum Gasteiger partial charge on any atom is 0.348 e. The number of rotatable bonds is 4.